The Morgan fingerprint density at radius 3 is 2.52 bits per heavy atom. The smallest absolute Gasteiger partial charge is 0.305 e. The maximum absolute atomic E-state index is 12.4. The van der Waals surface area contributed by atoms with Crippen LogP contribution < -0.4 is 10.6 Å². The molecular formula is C15H28N2O4. The maximum Gasteiger partial charge on any atom is 0.305 e. The van der Waals surface area contributed by atoms with Gasteiger partial charge in [0.1, 0.15) is 0 Å². The first-order valence-electron chi connectivity index (χ1n) is 7.59. The van der Waals surface area contributed by atoms with Gasteiger partial charge < -0.3 is 20.5 Å². The van der Waals surface area contributed by atoms with Gasteiger partial charge in [0.05, 0.1) is 25.6 Å². The minimum absolute atomic E-state index is 0.00963. The third-order valence-corrected chi connectivity index (χ3v) is 3.81. The Hall–Kier alpha value is -1.14. The molecule has 122 valence electrons. The summed E-state index contributed by atoms with van der Waals surface area (Å²) in [5.41, 5.74) is -0.306. The monoisotopic (exact) mass is 300 g/mol. The Morgan fingerprint density at radius 1 is 1.33 bits per heavy atom. The molecule has 0 spiro atoms. The zero-order chi connectivity index (χ0) is 16.0. The van der Waals surface area contributed by atoms with E-state index in [0.29, 0.717) is 13.2 Å². The SMILES string of the molecule is CCCNC1COCC1C(=O)NC(CC(=O)O)C(C)(C)C. The Morgan fingerprint density at radius 2 is 2.00 bits per heavy atom. The van der Waals surface area contributed by atoms with Gasteiger partial charge in [-0.05, 0) is 18.4 Å². The quantitative estimate of drug-likeness (QED) is 0.653. The van der Waals surface area contributed by atoms with Gasteiger partial charge in [-0.1, -0.05) is 27.7 Å². The molecule has 1 aliphatic rings. The Balaban J connectivity index is 2.65. The molecule has 0 bridgehead atoms. The van der Waals surface area contributed by atoms with E-state index in [1.807, 2.05) is 20.8 Å². The molecule has 0 radical (unpaired) electrons. The lowest BCUT2D eigenvalue weighted by Crippen LogP contribution is -2.51. The van der Waals surface area contributed by atoms with E-state index >= 15 is 0 Å². The average molecular weight is 300 g/mol. The zero-order valence-corrected chi connectivity index (χ0v) is 13.4. The van der Waals surface area contributed by atoms with Crippen molar-refractivity contribution in [2.24, 2.45) is 11.3 Å². The lowest BCUT2D eigenvalue weighted by Gasteiger charge is -2.32. The summed E-state index contributed by atoms with van der Waals surface area (Å²) in [5.74, 6) is -1.28. The van der Waals surface area contributed by atoms with E-state index in [1.165, 1.54) is 0 Å². The number of hydrogen-bond acceptors (Lipinski definition) is 4. The summed E-state index contributed by atoms with van der Waals surface area (Å²) in [6.45, 7) is 9.61. The second-order valence-corrected chi connectivity index (χ2v) is 6.73. The van der Waals surface area contributed by atoms with Crippen molar-refractivity contribution < 1.29 is 19.4 Å². The van der Waals surface area contributed by atoms with Crippen molar-refractivity contribution in [1.82, 2.24) is 10.6 Å². The third-order valence-electron chi connectivity index (χ3n) is 3.81. The van der Waals surface area contributed by atoms with Crippen molar-refractivity contribution in [2.45, 2.75) is 52.6 Å². The molecule has 0 aromatic rings. The van der Waals surface area contributed by atoms with Crippen molar-refractivity contribution in [2.75, 3.05) is 19.8 Å². The van der Waals surface area contributed by atoms with Gasteiger partial charge in [0.15, 0.2) is 0 Å². The van der Waals surface area contributed by atoms with E-state index < -0.39 is 12.0 Å². The highest BCUT2D eigenvalue weighted by Gasteiger charge is 2.36. The van der Waals surface area contributed by atoms with Gasteiger partial charge in [0, 0.05) is 12.1 Å². The Bertz CT molecular complexity index is 365. The average Bonchev–Trinajstić information content (AvgIpc) is 2.82. The molecule has 3 atom stereocenters. The number of hydrogen-bond donors (Lipinski definition) is 3. The van der Waals surface area contributed by atoms with Crippen LogP contribution in [0.4, 0.5) is 0 Å². The summed E-state index contributed by atoms with van der Waals surface area (Å²) in [4.78, 5) is 23.4. The van der Waals surface area contributed by atoms with Crippen molar-refractivity contribution in [3.8, 4) is 0 Å². The molecule has 3 unspecified atom stereocenters. The summed E-state index contributed by atoms with van der Waals surface area (Å²) in [6.07, 6.45) is 0.921. The molecule has 1 amide bonds. The number of carboxylic acids is 1. The van der Waals surface area contributed by atoms with Crippen molar-refractivity contribution in [3.05, 3.63) is 0 Å². The number of carbonyl (C=O) groups excluding carboxylic acids is 1. The molecule has 1 fully saturated rings. The summed E-state index contributed by atoms with van der Waals surface area (Å²) in [5, 5.41) is 15.2. The van der Waals surface area contributed by atoms with Gasteiger partial charge in [-0.3, -0.25) is 9.59 Å². The molecule has 6 heteroatoms. The van der Waals surface area contributed by atoms with Crippen LogP contribution in [-0.4, -0.2) is 48.8 Å². The fraction of sp³-hybridized carbons (Fsp3) is 0.867. The van der Waals surface area contributed by atoms with Crippen LogP contribution in [0.5, 0.6) is 0 Å². The lowest BCUT2D eigenvalue weighted by atomic mass is 9.84. The van der Waals surface area contributed by atoms with Gasteiger partial charge >= 0.3 is 5.97 Å². The second-order valence-electron chi connectivity index (χ2n) is 6.73. The Kier molecular flexibility index (Phi) is 6.61. The summed E-state index contributed by atoms with van der Waals surface area (Å²) < 4.78 is 5.40. The molecule has 0 aromatic heterocycles. The van der Waals surface area contributed by atoms with Crippen LogP contribution in [0, 0.1) is 11.3 Å². The third kappa shape index (κ3) is 5.63. The van der Waals surface area contributed by atoms with Crippen LogP contribution >= 0.6 is 0 Å². The normalized spacial score (nSPS) is 23.8. The van der Waals surface area contributed by atoms with Gasteiger partial charge in [-0.25, -0.2) is 0 Å². The predicted molar refractivity (Wildman–Crippen MR) is 80.0 cm³/mol. The largest absolute Gasteiger partial charge is 0.481 e. The minimum Gasteiger partial charge on any atom is -0.481 e. The van der Waals surface area contributed by atoms with Crippen molar-refractivity contribution >= 4 is 11.9 Å². The lowest BCUT2D eigenvalue weighted by molar-refractivity contribution is -0.138. The first-order valence-corrected chi connectivity index (χ1v) is 7.59. The first-order chi connectivity index (χ1) is 9.75. The molecule has 1 heterocycles. The van der Waals surface area contributed by atoms with Crippen molar-refractivity contribution in [1.29, 1.82) is 0 Å². The Labute approximate surface area is 126 Å². The number of carboxylic acid groups (broad SMARTS) is 1. The maximum atomic E-state index is 12.4. The molecule has 0 aliphatic carbocycles. The van der Waals surface area contributed by atoms with E-state index in [1.54, 1.807) is 0 Å². The van der Waals surface area contributed by atoms with E-state index in [0.717, 1.165) is 13.0 Å². The molecule has 1 saturated heterocycles. The van der Waals surface area contributed by atoms with E-state index in [2.05, 4.69) is 17.6 Å². The minimum atomic E-state index is -0.904. The standard InChI is InChI=1S/C15H28N2O4/c1-5-6-16-11-9-21-8-10(11)14(20)17-12(7-13(18)19)15(2,3)4/h10-12,16H,5-9H2,1-4H3,(H,17,20)(H,18,19). The van der Waals surface area contributed by atoms with E-state index in [4.69, 9.17) is 9.84 Å². The van der Waals surface area contributed by atoms with E-state index in [-0.39, 0.29) is 29.7 Å². The van der Waals surface area contributed by atoms with Crippen LogP contribution in [0.15, 0.2) is 0 Å². The highest BCUT2D eigenvalue weighted by molar-refractivity contribution is 5.81. The number of rotatable bonds is 7. The fourth-order valence-electron chi connectivity index (χ4n) is 2.37. The number of amides is 1. The number of aliphatic carboxylic acids is 1. The van der Waals surface area contributed by atoms with Gasteiger partial charge in [-0.2, -0.15) is 0 Å². The van der Waals surface area contributed by atoms with E-state index in [9.17, 15) is 9.59 Å². The summed E-state index contributed by atoms with van der Waals surface area (Å²) >= 11 is 0. The number of nitrogens with one attached hydrogen (secondary N) is 2. The van der Waals surface area contributed by atoms with Gasteiger partial charge in [0.2, 0.25) is 5.91 Å². The summed E-state index contributed by atoms with van der Waals surface area (Å²) in [7, 11) is 0. The highest BCUT2D eigenvalue weighted by atomic mass is 16.5. The molecule has 1 aliphatic heterocycles. The molecule has 0 saturated carbocycles. The van der Waals surface area contributed by atoms with Crippen LogP contribution in [0.2, 0.25) is 0 Å². The molecule has 6 nitrogen and oxygen atoms in total. The van der Waals surface area contributed by atoms with Crippen LogP contribution in [0.3, 0.4) is 0 Å². The first kappa shape index (κ1) is 17.9. The van der Waals surface area contributed by atoms with Gasteiger partial charge in [-0.15, -0.1) is 0 Å². The van der Waals surface area contributed by atoms with Gasteiger partial charge in [0.25, 0.3) is 0 Å². The fourth-order valence-corrected chi connectivity index (χ4v) is 2.37. The number of ether oxygens (including phenoxy) is 1. The summed E-state index contributed by atoms with van der Waals surface area (Å²) in [6, 6.07) is -0.384. The molecule has 21 heavy (non-hydrogen) atoms. The van der Waals surface area contributed by atoms with Crippen LogP contribution in [0.1, 0.15) is 40.5 Å². The van der Waals surface area contributed by atoms with Crippen molar-refractivity contribution in [3.63, 3.8) is 0 Å². The zero-order valence-electron chi connectivity index (χ0n) is 13.4. The van der Waals surface area contributed by atoms with Crippen LogP contribution in [0.25, 0.3) is 0 Å². The predicted octanol–water partition coefficient (Wildman–Crippen LogP) is 1.01. The second kappa shape index (κ2) is 7.75. The molecule has 1 rings (SSSR count). The van der Waals surface area contributed by atoms with Crippen LogP contribution in [-0.2, 0) is 14.3 Å². The molecular weight excluding hydrogens is 272 g/mol. The highest BCUT2D eigenvalue weighted by Crippen LogP contribution is 2.23. The molecule has 3 N–H and O–H groups in total. The topological polar surface area (TPSA) is 87.7 Å². The number of carbonyl (C=O) groups is 2. The molecule has 0 aromatic carbocycles.